The van der Waals surface area contributed by atoms with Crippen molar-refractivity contribution in [3.05, 3.63) is 30.3 Å². The average Bonchev–Trinajstić information content (AvgIpc) is 3.48. The van der Waals surface area contributed by atoms with Crippen LogP contribution in [0.3, 0.4) is 0 Å². The minimum Gasteiger partial charge on any atom is -0.394 e. The molecular weight excluding hydrogens is 462 g/mol. The second-order valence-corrected chi connectivity index (χ2v) is 12.6. The third-order valence-corrected chi connectivity index (χ3v) is 10.5. The number of thioether (sulfide) groups is 1. The van der Waals surface area contributed by atoms with Gasteiger partial charge in [0.05, 0.1) is 29.2 Å². The first kappa shape index (κ1) is 24.6. The van der Waals surface area contributed by atoms with E-state index < -0.39 is 28.7 Å². The smallest absolute Gasteiger partial charge is 0.244 e. The molecule has 3 amide bonds. The van der Waals surface area contributed by atoms with Gasteiger partial charge in [0.1, 0.15) is 6.04 Å². The largest absolute Gasteiger partial charge is 0.394 e. The molecule has 8 heteroatoms. The first-order valence-corrected chi connectivity index (χ1v) is 14.0. The number of hydrogen-bond donors (Lipinski definition) is 3. The van der Waals surface area contributed by atoms with Crippen molar-refractivity contribution < 1.29 is 19.5 Å². The summed E-state index contributed by atoms with van der Waals surface area (Å²) in [5, 5.41) is 16.6. The Morgan fingerprint density at radius 3 is 2.49 bits per heavy atom. The molecule has 1 aliphatic carbocycles. The molecule has 3 saturated heterocycles. The van der Waals surface area contributed by atoms with Crippen molar-refractivity contribution in [1.82, 2.24) is 10.2 Å². The SMILES string of the molecule is CC(C)[C@H](CO)N1C(=O)[C@@H]2[C@@H](C(=O)Nc3ccccc3)[C@H]3CCC2(S3)C1C(=O)NC1CCCCC1. The third-order valence-electron chi connectivity index (χ3n) is 8.60. The maximum absolute atomic E-state index is 14.1. The predicted octanol–water partition coefficient (Wildman–Crippen LogP) is 3.18. The Hall–Kier alpha value is -2.06. The fraction of sp³-hybridized carbons (Fsp3) is 0.667. The monoisotopic (exact) mass is 499 g/mol. The van der Waals surface area contributed by atoms with Gasteiger partial charge in [0, 0.05) is 17.0 Å². The number of para-hydroxylation sites is 1. The van der Waals surface area contributed by atoms with Crippen LogP contribution in [-0.4, -0.2) is 62.5 Å². The van der Waals surface area contributed by atoms with Crippen molar-refractivity contribution in [2.24, 2.45) is 17.8 Å². The highest BCUT2D eigenvalue weighted by Crippen LogP contribution is 2.66. The molecule has 3 aliphatic heterocycles. The number of aliphatic hydroxyl groups excluding tert-OH is 1. The molecule has 4 aliphatic rings. The zero-order valence-corrected chi connectivity index (χ0v) is 21.4. The Morgan fingerprint density at radius 2 is 1.83 bits per heavy atom. The topological polar surface area (TPSA) is 98.7 Å². The molecule has 4 fully saturated rings. The zero-order valence-electron chi connectivity index (χ0n) is 20.6. The highest BCUT2D eigenvalue weighted by Gasteiger charge is 2.74. The van der Waals surface area contributed by atoms with Crippen molar-refractivity contribution in [3.8, 4) is 0 Å². The van der Waals surface area contributed by atoms with E-state index >= 15 is 0 Å². The van der Waals surface area contributed by atoms with E-state index in [-0.39, 0.29) is 41.5 Å². The van der Waals surface area contributed by atoms with Gasteiger partial charge in [-0.25, -0.2) is 0 Å². The molecule has 1 spiro atoms. The van der Waals surface area contributed by atoms with Crippen molar-refractivity contribution in [1.29, 1.82) is 0 Å². The number of aliphatic hydroxyl groups is 1. The van der Waals surface area contributed by atoms with Crippen LogP contribution in [-0.2, 0) is 14.4 Å². The quantitative estimate of drug-likeness (QED) is 0.535. The fourth-order valence-corrected chi connectivity index (χ4v) is 9.15. The molecule has 5 rings (SSSR count). The maximum Gasteiger partial charge on any atom is 0.244 e. The van der Waals surface area contributed by atoms with Gasteiger partial charge in [-0.2, -0.15) is 0 Å². The van der Waals surface area contributed by atoms with Crippen molar-refractivity contribution in [3.63, 3.8) is 0 Å². The molecule has 2 bridgehead atoms. The molecule has 3 heterocycles. The van der Waals surface area contributed by atoms with Gasteiger partial charge < -0.3 is 20.6 Å². The lowest BCUT2D eigenvalue weighted by atomic mass is 9.70. The molecule has 190 valence electrons. The summed E-state index contributed by atoms with van der Waals surface area (Å²) in [5.74, 6) is -1.45. The van der Waals surface area contributed by atoms with Gasteiger partial charge in [0.25, 0.3) is 0 Å². The van der Waals surface area contributed by atoms with Gasteiger partial charge in [-0.15, -0.1) is 11.8 Å². The summed E-state index contributed by atoms with van der Waals surface area (Å²) in [6, 6.07) is 8.34. The van der Waals surface area contributed by atoms with Crippen molar-refractivity contribution in [2.75, 3.05) is 11.9 Å². The summed E-state index contributed by atoms with van der Waals surface area (Å²) in [4.78, 5) is 43.2. The molecule has 1 aromatic carbocycles. The van der Waals surface area contributed by atoms with E-state index in [1.165, 1.54) is 6.42 Å². The van der Waals surface area contributed by atoms with E-state index in [4.69, 9.17) is 0 Å². The second-order valence-electron chi connectivity index (χ2n) is 11.0. The van der Waals surface area contributed by atoms with Crippen molar-refractivity contribution >= 4 is 35.2 Å². The predicted molar refractivity (Wildman–Crippen MR) is 137 cm³/mol. The summed E-state index contributed by atoms with van der Waals surface area (Å²) in [6.07, 6.45) is 6.90. The van der Waals surface area contributed by atoms with Crippen LogP contribution in [0.15, 0.2) is 30.3 Å². The minimum absolute atomic E-state index is 0.0112. The summed E-state index contributed by atoms with van der Waals surface area (Å²) < 4.78 is -0.624. The average molecular weight is 500 g/mol. The van der Waals surface area contributed by atoms with Crippen LogP contribution in [0.5, 0.6) is 0 Å². The lowest BCUT2D eigenvalue weighted by molar-refractivity contribution is -0.143. The van der Waals surface area contributed by atoms with E-state index in [1.807, 2.05) is 44.2 Å². The number of nitrogens with one attached hydrogen (secondary N) is 2. The van der Waals surface area contributed by atoms with Gasteiger partial charge in [0.2, 0.25) is 17.7 Å². The number of nitrogens with zero attached hydrogens (tertiary/aromatic N) is 1. The molecule has 2 unspecified atom stereocenters. The van der Waals surface area contributed by atoms with Gasteiger partial charge in [-0.1, -0.05) is 51.3 Å². The van der Waals surface area contributed by atoms with Crippen LogP contribution in [0, 0.1) is 17.8 Å². The van der Waals surface area contributed by atoms with Crippen LogP contribution < -0.4 is 10.6 Å². The Kier molecular flexibility index (Phi) is 6.87. The van der Waals surface area contributed by atoms with E-state index in [1.54, 1.807) is 16.7 Å². The number of fused-ring (bicyclic) bond motifs is 1. The molecule has 0 aromatic heterocycles. The van der Waals surface area contributed by atoms with Crippen LogP contribution in [0.2, 0.25) is 0 Å². The molecular formula is C27H37N3O4S. The number of amides is 3. The number of anilines is 1. The third kappa shape index (κ3) is 4.16. The maximum atomic E-state index is 14.1. The summed E-state index contributed by atoms with van der Waals surface area (Å²) in [7, 11) is 0. The second kappa shape index (κ2) is 9.77. The normalized spacial score (nSPS) is 33.1. The Labute approximate surface area is 211 Å². The number of carbonyl (C=O) groups is 3. The molecule has 6 atom stereocenters. The van der Waals surface area contributed by atoms with Crippen LogP contribution in [0.4, 0.5) is 5.69 Å². The first-order valence-electron chi connectivity index (χ1n) is 13.1. The minimum atomic E-state index is -0.661. The standard InChI is InChI=1S/C27H37N3O4S/c1-16(2)19(15-31)30-23(25(33)29-18-11-7-4-8-12-18)27-14-13-20(35-27)21(22(27)26(30)34)24(32)28-17-9-5-3-6-10-17/h3,5-6,9-10,16,18-23,31H,4,7-8,11-15H2,1-2H3,(H,28,32)(H,29,33)/t19-,20+,21-,22-,23?,27?/m0/s1. The van der Waals surface area contributed by atoms with Gasteiger partial charge >= 0.3 is 0 Å². The highest BCUT2D eigenvalue weighted by atomic mass is 32.2. The molecule has 1 aromatic rings. The fourth-order valence-electron chi connectivity index (χ4n) is 6.94. The summed E-state index contributed by atoms with van der Waals surface area (Å²) in [5.41, 5.74) is 0.712. The number of carbonyl (C=O) groups excluding carboxylic acids is 3. The van der Waals surface area contributed by atoms with E-state index in [0.29, 0.717) is 5.69 Å². The highest BCUT2D eigenvalue weighted by molar-refractivity contribution is 8.02. The molecule has 35 heavy (non-hydrogen) atoms. The lowest BCUT2D eigenvalue weighted by Gasteiger charge is -2.39. The van der Waals surface area contributed by atoms with Crippen LogP contribution >= 0.6 is 11.8 Å². The van der Waals surface area contributed by atoms with Gasteiger partial charge in [0.15, 0.2) is 0 Å². The van der Waals surface area contributed by atoms with Gasteiger partial charge in [-0.3, -0.25) is 14.4 Å². The molecule has 3 N–H and O–H groups in total. The molecule has 1 saturated carbocycles. The number of rotatable bonds is 7. The number of hydrogen-bond acceptors (Lipinski definition) is 5. The Bertz CT molecular complexity index is 966. The van der Waals surface area contributed by atoms with Crippen LogP contribution in [0.25, 0.3) is 0 Å². The van der Waals surface area contributed by atoms with Crippen LogP contribution in [0.1, 0.15) is 58.8 Å². The van der Waals surface area contributed by atoms with E-state index in [2.05, 4.69) is 10.6 Å². The molecule has 0 radical (unpaired) electrons. The lowest BCUT2D eigenvalue weighted by Crippen LogP contribution is -2.59. The number of benzene rings is 1. The van der Waals surface area contributed by atoms with Gasteiger partial charge in [-0.05, 0) is 43.7 Å². The van der Waals surface area contributed by atoms with E-state index in [9.17, 15) is 19.5 Å². The summed E-state index contributed by atoms with van der Waals surface area (Å²) in [6.45, 7) is 3.74. The zero-order chi connectivity index (χ0) is 24.7. The first-order chi connectivity index (χ1) is 16.9. The van der Waals surface area contributed by atoms with E-state index in [0.717, 1.165) is 38.5 Å². The number of likely N-dealkylation sites (tertiary alicyclic amines) is 1. The molecule has 7 nitrogen and oxygen atoms in total. The Balaban J connectivity index is 1.48. The van der Waals surface area contributed by atoms with Crippen molar-refractivity contribution in [2.45, 2.75) is 86.9 Å². The summed E-state index contributed by atoms with van der Waals surface area (Å²) >= 11 is 1.68. The Morgan fingerprint density at radius 1 is 1.11 bits per heavy atom.